The zero-order chi connectivity index (χ0) is 22.2. The Bertz CT molecular complexity index is 472. The summed E-state index contributed by atoms with van der Waals surface area (Å²) in [5, 5.41) is 27.2. The highest BCUT2D eigenvalue weighted by Crippen LogP contribution is 2.35. The van der Waals surface area contributed by atoms with Crippen molar-refractivity contribution in [2.75, 3.05) is 32.7 Å². The fraction of sp³-hybridized carbons (Fsp3) is 0.913. The third-order valence-corrected chi connectivity index (χ3v) is 5.39. The SMILES string of the molecule is CC.CC1=CN(O)CC(C)(C)CC(C)(C)CN(O)CCC(C)(C)CNCC1C. The molecule has 0 amide bonds. The average molecular weight is 400 g/mol. The van der Waals surface area contributed by atoms with Gasteiger partial charge in [0, 0.05) is 38.9 Å². The second-order valence-corrected chi connectivity index (χ2v) is 10.8. The lowest BCUT2D eigenvalue weighted by molar-refractivity contribution is -0.126. The Morgan fingerprint density at radius 1 is 0.964 bits per heavy atom. The first kappa shape index (κ1) is 27.4. The van der Waals surface area contributed by atoms with E-state index in [-0.39, 0.29) is 16.2 Å². The van der Waals surface area contributed by atoms with Gasteiger partial charge in [0.15, 0.2) is 0 Å². The van der Waals surface area contributed by atoms with Crippen LogP contribution in [0.5, 0.6) is 0 Å². The number of rotatable bonds is 0. The third-order valence-electron chi connectivity index (χ3n) is 5.39. The van der Waals surface area contributed by atoms with Gasteiger partial charge in [-0.1, -0.05) is 67.9 Å². The van der Waals surface area contributed by atoms with Gasteiger partial charge in [-0.05, 0) is 41.9 Å². The standard InChI is InChI=1S/C21H43N3O2.C2H6/c1-17-11-22-14-19(3,4)9-10-23(25)15-20(5,6)13-21(7,8)16-24(26)12-18(17)2;1-2/h12,17,22,25-26H,9-11,13-16H2,1-8H3;1-2H3. The van der Waals surface area contributed by atoms with Gasteiger partial charge in [-0.15, -0.1) is 0 Å². The average Bonchev–Trinajstić information content (AvgIpc) is 2.51. The van der Waals surface area contributed by atoms with Crippen molar-refractivity contribution in [3.63, 3.8) is 0 Å². The van der Waals surface area contributed by atoms with E-state index in [2.05, 4.69) is 60.7 Å². The van der Waals surface area contributed by atoms with Gasteiger partial charge < -0.3 is 10.5 Å². The summed E-state index contributed by atoms with van der Waals surface area (Å²) in [6, 6.07) is 0. The fourth-order valence-electron chi connectivity index (χ4n) is 4.14. The van der Waals surface area contributed by atoms with Crippen LogP contribution in [0.3, 0.4) is 0 Å². The Morgan fingerprint density at radius 2 is 1.50 bits per heavy atom. The van der Waals surface area contributed by atoms with Gasteiger partial charge in [-0.3, -0.25) is 10.3 Å². The maximum Gasteiger partial charge on any atom is 0.0497 e. The topological polar surface area (TPSA) is 59.0 Å². The lowest BCUT2D eigenvalue weighted by atomic mass is 9.74. The molecule has 0 aromatic heterocycles. The lowest BCUT2D eigenvalue weighted by Crippen LogP contribution is -2.41. The van der Waals surface area contributed by atoms with E-state index in [1.807, 2.05) is 20.0 Å². The van der Waals surface area contributed by atoms with E-state index in [9.17, 15) is 10.4 Å². The van der Waals surface area contributed by atoms with Gasteiger partial charge in [-0.2, -0.15) is 5.06 Å². The highest BCUT2D eigenvalue weighted by atomic mass is 16.5. The van der Waals surface area contributed by atoms with Gasteiger partial charge >= 0.3 is 0 Å². The molecule has 0 aromatic rings. The minimum absolute atomic E-state index is 0.0371. The molecular formula is C23H49N3O2. The first-order valence-electron chi connectivity index (χ1n) is 11.0. The molecule has 0 aromatic carbocycles. The maximum absolute atomic E-state index is 10.4. The molecule has 0 spiro atoms. The molecule has 1 atom stereocenters. The minimum atomic E-state index is -0.0618. The molecule has 1 rings (SSSR count). The molecule has 0 aliphatic carbocycles. The Labute approximate surface area is 175 Å². The number of hydrogen-bond donors (Lipinski definition) is 3. The van der Waals surface area contributed by atoms with Gasteiger partial charge in [0.25, 0.3) is 0 Å². The predicted molar refractivity (Wildman–Crippen MR) is 120 cm³/mol. The molecule has 168 valence electrons. The minimum Gasteiger partial charge on any atom is -0.316 e. The zero-order valence-corrected chi connectivity index (χ0v) is 20.4. The normalized spacial score (nSPS) is 27.4. The molecule has 0 saturated heterocycles. The van der Waals surface area contributed by atoms with Crippen LogP contribution in [0.4, 0.5) is 0 Å². The van der Waals surface area contributed by atoms with Crippen molar-refractivity contribution in [2.45, 2.75) is 82.1 Å². The van der Waals surface area contributed by atoms with Crippen LogP contribution >= 0.6 is 0 Å². The first-order valence-corrected chi connectivity index (χ1v) is 11.0. The quantitative estimate of drug-likeness (QED) is 0.509. The van der Waals surface area contributed by atoms with E-state index >= 15 is 0 Å². The van der Waals surface area contributed by atoms with Gasteiger partial charge in [0.1, 0.15) is 0 Å². The van der Waals surface area contributed by atoms with Crippen LogP contribution in [-0.4, -0.2) is 53.3 Å². The van der Waals surface area contributed by atoms with Crippen molar-refractivity contribution >= 4 is 0 Å². The predicted octanol–water partition coefficient (Wildman–Crippen LogP) is 5.40. The van der Waals surface area contributed by atoms with Crippen LogP contribution in [0.25, 0.3) is 0 Å². The number of hydrogen-bond acceptors (Lipinski definition) is 5. The summed E-state index contributed by atoms with van der Waals surface area (Å²) in [4.78, 5) is 0. The van der Waals surface area contributed by atoms with Gasteiger partial charge in [-0.25, -0.2) is 0 Å². The Kier molecular flexibility index (Phi) is 11.3. The molecule has 1 aliphatic heterocycles. The molecular weight excluding hydrogens is 350 g/mol. The van der Waals surface area contributed by atoms with Gasteiger partial charge in [0.2, 0.25) is 0 Å². The van der Waals surface area contributed by atoms with Crippen molar-refractivity contribution in [1.29, 1.82) is 0 Å². The van der Waals surface area contributed by atoms with Crippen LogP contribution in [0, 0.1) is 22.2 Å². The van der Waals surface area contributed by atoms with E-state index in [1.165, 1.54) is 15.7 Å². The lowest BCUT2D eigenvalue weighted by Gasteiger charge is -2.39. The maximum atomic E-state index is 10.4. The van der Waals surface area contributed by atoms with Crippen molar-refractivity contribution in [1.82, 2.24) is 15.4 Å². The molecule has 5 heteroatoms. The van der Waals surface area contributed by atoms with Crippen LogP contribution in [-0.2, 0) is 0 Å². The molecule has 1 unspecified atom stereocenters. The Hall–Kier alpha value is -0.620. The van der Waals surface area contributed by atoms with Crippen LogP contribution in [0.15, 0.2) is 11.8 Å². The highest BCUT2D eigenvalue weighted by Gasteiger charge is 2.32. The highest BCUT2D eigenvalue weighted by molar-refractivity contribution is 5.02. The van der Waals surface area contributed by atoms with Crippen molar-refractivity contribution in [2.24, 2.45) is 22.2 Å². The van der Waals surface area contributed by atoms with Crippen molar-refractivity contribution in [3.05, 3.63) is 11.8 Å². The number of hydroxylamine groups is 4. The zero-order valence-electron chi connectivity index (χ0n) is 20.4. The van der Waals surface area contributed by atoms with E-state index in [0.717, 1.165) is 25.9 Å². The number of nitrogens with one attached hydrogen (secondary N) is 1. The number of nitrogens with zero attached hydrogens (tertiary/aromatic N) is 2. The molecule has 3 N–H and O–H groups in total. The summed E-state index contributed by atoms with van der Waals surface area (Å²) in [6.45, 7) is 25.2. The molecule has 1 aliphatic rings. The molecule has 0 fully saturated rings. The van der Waals surface area contributed by atoms with Gasteiger partial charge in [0.05, 0.1) is 0 Å². The molecule has 5 nitrogen and oxygen atoms in total. The van der Waals surface area contributed by atoms with Crippen LogP contribution in [0.2, 0.25) is 0 Å². The van der Waals surface area contributed by atoms with Crippen LogP contribution < -0.4 is 5.32 Å². The molecule has 0 saturated carbocycles. The summed E-state index contributed by atoms with van der Waals surface area (Å²) in [5.74, 6) is 0.363. The third kappa shape index (κ3) is 11.4. The van der Waals surface area contributed by atoms with E-state index in [0.29, 0.717) is 25.6 Å². The Balaban J connectivity index is 0.00000352. The molecule has 28 heavy (non-hydrogen) atoms. The summed E-state index contributed by atoms with van der Waals surface area (Å²) < 4.78 is 0. The molecule has 0 bridgehead atoms. The summed E-state index contributed by atoms with van der Waals surface area (Å²) in [6.07, 6.45) is 3.74. The smallest absolute Gasteiger partial charge is 0.0497 e. The summed E-state index contributed by atoms with van der Waals surface area (Å²) in [5.41, 5.74) is 1.21. The van der Waals surface area contributed by atoms with Crippen molar-refractivity contribution in [3.8, 4) is 0 Å². The first-order chi connectivity index (χ1) is 12.7. The van der Waals surface area contributed by atoms with Crippen molar-refractivity contribution < 1.29 is 10.4 Å². The monoisotopic (exact) mass is 399 g/mol. The van der Waals surface area contributed by atoms with Crippen LogP contribution in [0.1, 0.15) is 82.1 Å². The largest absolute Gasteiger partial charge is 0.316 e. The fourth-order valence-corrected chi connectivity index (χ4v) is 4.14. The Morgan fingerprint density at radius 3 is 2.07 bits per heavy atom. The summed E-state index contributed by atoms with van der Waals surface area (Å²) >= 11 is 0. The summed E-state index contributed by atoms with van der Waals surface area (Å²) in [7, 11) is 0. The van der Waals surface area contributed by atoms with E-state index in [4.69, 9.17) is 0 Å². The second kappa shape index (κ2) is 11.5. The molecule has 1 heterocycles. The molecule has 0 radical (unpaired) electrons. The van der Waals surface area contributed by atoms with E-state index in [1.54, 1.807) is 0 Å². The second-order valence-electron chi connectivity index (χ2n) is 10.8. The van der Waals surface area contributed by atoms with E-state index < -0.39 is 0 Å².